The number of nitrogens with zero attached hydrogens (tertiary/aromatic N) is 1. The Morgan fingerprint density at radius 2 is 1.59 bits per heavy atom. The molecule has 214 valence electrons. The van der Waals surface area contributed by atoms with E-state index < -0.39 is 24.4 Å². The number of carbonyl (C=O) groups excluding carboxylic acids is 3. The maximum absolute atomic E-state index is 13.1. The number of ether oxygens (including phenoxy) is 1. The predicted molar refractivity (Wildman–Crippen MR) is 143 cm³/mol. The molecule has 0 heterocycles. The number of aryl methyl sites for hydroxylation is 1. The van der Waals surface area contributed by atoms with Gasteiger partial charge in [-0.15, -0.1) is 24.9 Å². The van der Waals surface area contributed by atoms with Crippen molar-refractivity contribution in [2.45, 2.75) is 42.6 Å². The molecule has 0 aliphatic carbocycles. The molecular formula is C26H34F3N5O4S. The lowest BCUT2D eigenvalue weighted by Crippen LogP contribution is -2.51. The highest BCUT2D eigenvalue weighted by Crippen LogP contribution is 2.23. The number of amides is 2. The third kappa shape index (κ3) is 12.1. The van der Waals surface area contributed by atoms with Gasteiger partial charge in [0.2, 0.25) is 11.8 Å². The molecule has 0 spiro atoms. The van der Waals surface area contributed by atoms with Crippen molar-refractivity contribution >= 4 is 29.4 Å². The summed E-state index contributed by atoms with van der Waals surface area (Å²) >= 11 is 1.37. The van der Waals surface area contributed by atoms with E-state index >= 15 is 0 Å². The average molecular weight is 570 g/mol. The number of ketones is 1. The van der Waals surface area contributed by atoms with Gasteiger partial charge in [-0.05, 0) is 36.2 Å². The van der Waals surface area contributed by atoms with E-state index in [-0.39, 0.29) is 68.6 Å². The molecule has 0 saturated heterocycles. The summed E-state index contributed by atoms with van der Waals surface area (Å²) in [5.74, 6) is -1.44. The van der Waals surface area contributed by atoms with Gasteiger partial charge in [0.05, 0.1) is 18.5 Å². The highest BCUT2D eigenvalue weighted by molar-refractivity contribution is 7.99. The minimum atomic E-state index is -4.79. The number of alkyl halides is 3. The van der Waals surface area contributed by atoms with Crippen LogP contribution in [0.1, 0.15) is 18.4 Å². The fourth-order valence-electron chi connectivity index (χ4n) is 3.57. The molecule has 2 aromatic carbocycles. The standard InChI is InChI=1S/C26H34F3N5O4S/c27-26(28,29)38-19-9-6-18(7-10-19)8-11-23(35)22(17-39-20-4-2-1-3-5-20)33-25(37)21(32)16-24(36)34(14-12-30)15-13-31/h1-7,9-10,21-22H,8,11-17,30-32H2,(H,33,37)/t21-,22-/m0/s1. The Labute approximate surface area is 229 Å². The zero-order valence-electron chi connectivity index (χ0n) is 21.4. The van der Waals surface area contributed by atoms with Crippen LogP contribution in [0, 0.1) is 0 Å². The second kappa shape index (κ2) is 16.1. The summed E-state index contributed by atoms with van der Waals surface area (Å²) in [6, 6.07) is 12.4. The van der Waals surface area contributed by atoms with Gasteiger partial charge in [-0.1, -0.05) is 30.3 Å². The first-order chi connectivity index (χ1) is 18.5. The van der Waals surface area contributed by atoms with E-state index in [9.17, 15) is 27.6 Å². The van der Waals surface area contributed by atoms with Crippen LogP contribution >= 0.6 is 11.8 Å². The largest absolute Gasteiger partial charge is 0.573 e. The number of hydrogen-bond acceptors (Lipinski definition) is 8. The molecule has 2 aromatic rings. The van der Waals surface area contributed by atoms with Crippen LogP contribution in [-0.2, 0) is 20.8 Å². The molecule has 2 atom stereocenters. The second-order valence-electron chi connectivity index (χ2n) is 8.61. The van der Waals surface area contributed by atoms with E-state index in [1.807, 2.05) is 30.3 Å². The van der Waals surface area contributed by atoms with Crippen molar-refractivity contribution in [3.63, 3.8) is 0 Å². The minimum Gasteiger partial charge on any atom is -0.406 e. The van der Waals surface area contributed by atoms with Crippen LogP contribution in [0.4, 0.5) is 13.2 Å². The number of rotatable bonds is 16. The summed E-state index contributed by atoms with van der Waals surface area (Å²) in [4.78, 5) is 40.8. The molecule has 2 rings (SSSR count). The van der Waals surface area contributed by atoms with Gasteiger partial charge in [0, 0.05) is 43.2 Å². The summed E-state index contributed by atoms with van der Waals surface area (Å²) in [5, 5.41) is 2.67. The Morgan fingerprint density at radius 1 is 0.974 bits per heavy atom. The SMILES string of the molecule is NCCN(CCN)C(=O)C[C@H](N)C(=O)N[C@@H](CSc1ccccc1)C(=O)CCc1ccc(OC(F)(F)F)cc1. The molecular weight excluding hydrogens is 535 g/mol. The monoisotopic (exact) mass is 569 g/mol. The Morgan fingerprint density at radius 3 is 2.15 bits per heavy atom. The molecule has 0 aliphatic heterocycles. The molecule has 2 amide bonds. The average Bonchev–Trinajstić information content (AvgIpc) is 2.89. The zero-order valence-corrected chi connectivity index (χ0v) is 22.2. The molecule has 13 heteroatoms. The third-order valence-corrected chi connectivity index (χ3v) is 6.67. The van der Waals surface area contributed by atoms with Gasteiger partial charge in [0.15, 0.2) is 5.78 Å². The fraction of sp³-hybridized carbons (Fsp3) is 0.423. The van der Waals surface area contributed by atoms with E-state index in [1.165, 1.54) is 40.9 Å². The highest BCUT2D eigenvalue weighted by atomic mass is 32.2. The first-order valence-corrected chi connectivity index (χ1v) is 13.3. The number of nitrogens with two attached hydrogens (primary N) is 3. The maximum Gasteiger partial charge on any atom is 0.573 e. The lowest BCUT2D eigenvalue weighted by atomic mass is 10.0. The van der Waals surface area contributed by atoms with E-state index in [0.29, 0.717) is 5.56 Å². The van der Waals surface area contributed by atoms with Gasteiger partial charge < -0.3 is 32.2 Å². The summed E-state index contributed by atoms with van der Waals surface area (Å²) in [6.07, 6.45) is -4.80. The van der Waals surface area contributed by atoms with Crippen molar-refractivity contribution in [2.75, 3.05) is 31.9 Å². The van der Waals surface area contributed by atoms with E-state index in [4.69, 9.17) is 17.2 Å². The molecule has 9 nitrogen and oxygen atoms in total. The quantitative estimate of drug-likeness (QED) is 0.223. The lowest BCUT2D eigenvalue weighted by Gasteiger charge is -2.24. The molecule has 0 saturated carbocycles. The van der Waals surface area contributed by atoms with Crippen molar-refractivity contribution in [3.05, 3.63) is 60.2 Å². The van der Waals surface area contributed by atoms with E-state index in [0.717, 1.165) is 4.90 Å². The Kier molecular flexibility index (Phi) is 13.2. The minimum absolute atomic E-state index is 0.0225. The van der Waals surface area contributed by atoms with Gasteiger partial charge in [-0.2, -0.15) is 0 Å². The number of Topliss-reactive ketones (excluding diaryl/α,β-unsaturated/α-hetero) is 1. The van der Waals surface area contributed by atoms with Crippen molar-refractivity contribution in [2.24, 2.45) is 17.2 Å². The second-order valence-corrected chi connectivity index (χ2v) is 9.71. The summed E-state index contributed by atoms with van der Waals surface area (Å²) in [6.45, 7) is 1.03. The van der Waals surface area contributed by atoms with Crippen LogP contribution < -0.4 is 27.3 Å². The number of benzene rings is 2. The van der Waals surface area contributed by atoms with Crippen LogP contribution in [0.3, 0.4) is 0 Å². The topological polar surface area (TPSA) is 154 Å². The number of halogens is 3. The van der Waals surface area contributed by atoms with Gasteiger partial charge in [-0.25, -0.2) is 0 Å². The number of carbonyl (C=O) groups is 3. The Bertz CT molecular complexity index is 1050. The zero-order chi connectivity index (χ0) is 28.8. The number of nitrogens with one attached hydrogen (secondary N) is 1. The first kappa shape index (κ1) is 32.1. The van der Waals surface area contributed by atoms with Crippen molar-refractivity contribution in [3.8, 4) is 5.75 Å². The molecule has 0 radical (unpaired) electrons. The van der Waals surface area contributed by atoms with Crippen LogP contribution in [0.2, 0.25) is 0 Å². The van der Waals surface area contributed by atoms with Crippen LogP contribution in [0.5, 0.6) is 5.75 Å². The number of thioether (sulfide) groups is 1. The molecule has 0 fully saturated rings. The Hall–Kier alpha value is -3.13. The van der Waals surface area contributed by atoms with Crippen LogP contribution in [0.25, 0.3) is 0 Å². The lowest BCUT2D eigenvalue weighted by molar-refractivity contribution is -0.274. The smallest absolute Gasteiger partial charge is 0.406 e. The third-order valence-electron chi connectivity index (χ3n) is 5.56. The fourth-order valence-corrected chi connectivity index (χ4v) is 4.55. The molecule has 0 unspecified atom stereocenters. The summed E-state index contributed by atoms with van der Waals surface area (Å²) in [7, 11) is 0. The van der Waals surface area contributed by atoms with Crippen LogP contribution in [-0.4, -0.2) is 72.9 Å². The van der Waals surface area contributed by atoms with Crippen LogP contribution in [0.15, 0.2) is 59.5 Å². The van der Waals surface area contributed by atoms with Gasteiger partial charge in [-0.3, -0.25) is 14.4 Å². The molecule has 0 aliphatic rings. The predicted octanol–water partition coefficient (Wildman–Crippen LogP) is 1.83. The van der Waals surface area contributed by atoms with Gasteiger partial charge >= 0.3 is 6.36 Å². The molecule has 0 aromatic heterocycles. The highest BCUT2D eigenvalue weighted by Gasteiger charge is 2.31. The van der Waals surface area contributed by atoms with Gasteiger partial charge in [0.1, 0.15) is 5.75 Å². The normalized spacial score (nSPS) is 12.9. The maximum atomic E-state index is 13.1. The van der Waals surface area contributed by atoms with Crippen molar-refractivity contribution < 1.29 is 32.3 Å². The molecule has 39 heavy (non-hydrogen) atoms. The van der Waals surface area contributed by atoms with E-state index in [1.54, 1.807) is 0 Å². The molecule has 7 N–H and O–H groups in total. The van der Waals surface area contributed by atoms with E-state index in [2.05, 4.69) is 10.1 Å². The van der Waals surface area contributed by atoms with Gasteiger partial charge in [0.25, 0.3) is 0 Å². The molecule has 0 bridgehead atoms. The summed E-state index contributed by atoms with van der Waals surface area (Å²) in [5.41, 5.74) is 17.7. The Balaban J connectivity index is 2.03. The summed E-state index contributed by atoms with van der Waals surface area (Å²) < 4.78 is 41.0. The number of hydrogen-bond donors (Lipinski definition) is 4. The first-order valence-electron chi connectivity index (χ1n) is 12.3. The van der Waals surface area contributed by atoms with Crippen molar-refractivity contribution in [1.82, 2.24) is 10.2 Å². The van der Waals surface area contributed by atoms with Crippen molar-refractivity contribution in [1.29, 1.82) is 0 Å².